The summed E-state index contributed by atoms with van der Waals surface area (Å²) >= 11 is 1.39. The number of para-hydroxylation sites is 1. The van der Waals surface area contributed by atoms with Gasteiger partial charge in [-0.1, -0.05) is 59.8 Å². The number of nitrogens with zero attached hydrogens (tertiary/aromatic N) is 6. The van der Waals surface area contributed by atoms with Crippen LogP contribution in [0, 0.1) is 20.8 Å². The highest BCUT2D eigenvalue weighted by Gasteiger charge is 2.22. The summed E-state index contributed by atoms with van der Waals surface area (Å²) in [6, 6.07) is 14.7. The number of carbonyl (C=O) groups is 1. The Labute approximate surface area is 187 Å². The average molecular weight is 437 g/mol. The number of aromatic nitrogens is 4. The summed E-state index contributed by atoms with van der Waals surface area (Å²) in [6.07, 6.45) is 0. The van der Waals surface area contributed by atoms with Crippen LogP contribution in [0.25, 0.3) is 5.69 Å². The number of tetrazole rings is 1. The van der Waals surface area contributed by atoms with Gasteiger partial charge in [0.1, 0.15) is 0 Å². The molecule has 1 fully saturated rings. The van der Waals surface area contributed by atoms with E-state index >= 15 is 0 Å². The van der Waals surface area contributed by atoms with Gasteiger partial charge in [0.2, 0.25) is 11.1 Å². The van der Waals surface area contributed by atoms with Crippen molar-refractivity contribution in [1.29, 1.82) is 0 Å². The number of hydrogen-bond donors (Lipinski definition) is 0. The smallest absolute Gasteiger partial charge is 0.233 e. The molecule has 1 amide bonds. The fourth-order valence-corrected chi connectivity index (χ4v) is 4.77. The summed E-state index contributed by atoms with van der Waals surface area (Å²) in [4.78, 5) is 17.2. The van der Waals surface area contributed by atoms with Crippen molar-refractivity contribution in [3.8, 4) is 5.69 Å². The van der Waals surface area contributed by atoms with Crippen molar-refractivity contribution in [2.75, 3.05) is 31.9 Å². The van der Waals surface area contributed by atoms with Crippen molar-refractivity contribution in [2.45, 2.75) is 32.5 Å². The standard InChI is InChI=1S/C23H28N6OS/c1-17-6-4-9-20(14-17)15-27-10-12-28(13-11-27)21(30)16-31-23-24-25-26-29(23)22-18(2)7-5-8-19(22)3/h4-9,14H,10-13,15-16H2,1-3H3. The van der Waals surface area contributed by atoms with Gasteiger partial charge >= 0.3 is 0 Å². The Balaban J connectivity index is 1.31. The third-order valence-corrected chi connectivity index (χ3v) is 6.53. The molecule has 0 N–H and O–H groups in total. The zero-order valence-corrected chi connectivity index (χ0v) is 19.1. The second-order valence-electron chi connectivity index (χ2n) is 8.05. The molecular weight excluding hydrogens is 408 g/mol. The van der Waals surface area contributed by atoms with E-state index in [-0.39, 0.29) is 5.91 Å². The number of benzene rings is 2. The number of aryl methyl sites for hydroxylation is 3. The Morgan fingerprint density at radius 3 is 2.42 bits per heavy atom. The molecule has 7 nitrogen and oxygen atoms in total. The van der Waals surface area contributed by atoms with Crippen LogP contribution in [0.5, 0.6) is 0 Å². The van der Waals surface area contributed by atoms with E-state index in [1.165, 1.54) is 22.9 Å². The Morgan fingerprint density at radius 2 is 1.71 bits per heavy atom. The normalized spacial score (nSPS) is 14.7. The molecule has 1 aliphatic rings. The second-order valence-corrected chi connectivity index (χ2v) is 8.99. The van der Waals surface area contributed by atoms with Gasteiger partial charge in [0.05, 0.1) is 11.4 Å². The zero-order chi connectivity index (χ0) is 21.8. The molecule has 0 aliphatic carbocycles. The molecule has 1 aliphatic heterocycles. The molecule has 4 rings (SSSR count). The van der Waals surface area contributed by atoms with Crippen molar-refractivity contribution in [3.63, 3.8) is 0 Å². The number of hydrogen-bond acceptors (Lipinski definition) is 6. The lowest BCUT2D eigenvalue weighted by Gasteiger charge is -2.34. The van der Waals surface area contributed by atoms with Crippen LogP contribution in [0.1, 0.15) is 22.3 Å². The first kappa shape index (κ1) is 21.5. The first-order chi connectivity index (χ1) is 15.0. The molecule has 162 valence electrons. The molecule has 0 unspecified atom stereocenters. The van der Waals surface area contributed by atoms with Crippen molar-refractivity contribution in [2.24, 2.45) is 0 Å². The maximum absolute atomic E-state index is 12.8. The number of thioether (sulfide) groups is 1. The predicted molar refractivity (Wildman–Crippen MR) is 122 cm³/mol. The summed E-state index contributed by atoms with van der Waals surface area (Å²) in [5, 5.41) is 12.8. The molecule has 8 heteroatoms. The molecule has 2 aromatic carbocycles. The molecule has 0 spiro atoms. The molecule has 1 aromatic heterocycles. The van der Waals surface area contributed by atoms with Crippen molar-refractivity contribution in [3.05, 3.63) is 64.7 Å². The van der Waals surface area contributed by atoms with E-state index in [1.54, 1.807) is 4.68 Å². The molecule has 0 bridgehead atoms. The van der Waals surface area contributed by atoms with Crippen molar-refractivity contribution < 1.29 is 4.79 Å². The lowest BCUT2D eigenvalue weighted by Crippen LogP contribution is -2.48. The van der Waals surface area contributed by atoms with Crippen LogP contribution >= 0.6 is 11.8 Å². The lowest BCUT2D eigenvalue weighted by molar-refractivity contribution is -0.130. The maximum atomic E-state index is 12.8. The van der Waals surface area contributed by atoms with E-state index in [4.69, 9.17) is 0 Å². The third kappa shape index (κ3) is 5.14. The molecule has 1 saturated heterocycles. The van der Waals surface area contributed by atoms with E-state index in [1.807, 2.05) is 36.9 Å². The average Bonchev–Trinajstić information content (AvgIpc) is 3.20. The van der Waals surface area contributed by atoms with Gasteiger partial charge in [-0.05, 0) is 47.9 Å². The summed E-state index contributed by atoms with van der Waals surface area (Å²) in [7, 11) is 0. The zero-order valence-electron chi connectivity index (χ0n) is 18.3. The molecule has 3 aromatic rings. The molecule has 0 radical (unpaired) electrons. The van der Waals surface area contributed by atoms with Crippen LogP contribution in [0.4, 0.5) is 0 Å². The Kier molecular flexibility index (Phi) is 6.67. The second kappa shape index (κ2) is 9.62. The fourth-order valence-electron chi connectivity index (χ4n) is 3.99. The monoisotopic (exact) mass is 436 g/mol. The predicted octanol–water partition coefficient (Wildman–Crippen LogP) is 3.02. The van der Waals surface area contributed by atoms with Crippen molar-refractivity contribution >= 4 is 17.7 Å². The van der Waals surface area contributed by atoms with Gasteiger partial charge in [-0.15, -0.1) is 5.10 Å². The van der Waals surface area contributed by atoms with E-state index in [2.05, 4.69) is 51.6 Å². The van der Waals surface area contributed by atoms with Crippen LogP contribution < -0.4 is 0 Å². The molecule has 0 saturated carbocycles. The fraction of sp³-hybridized carbons (Fsp3) is 0.391. The van der Waals surface area contributed by atoms with Gasteiger partial charge in [0, 0.05) is 32.7 Å². The minimum absolute atomic E-state index is 0.135. The number of rotatable bonds is 6. The quantitative estimate of drug-likeness (QED) is 0.554. The highest BCUT2D eigenvalue weighted by atomic mass is 32.2. The highest BCUT2D eigenvalue weighted by molar-refractivity contribution is 7.99. The topological polar surface area (TPSA) is 67.2 Å². The Bertz CT molecular complexity index is 1040. The van der Waals surface area contributed by atoms with E-state index in [0.29, 0.717) is 10.9 Å². The largest absolute Gasteiger partial charge is 0.339 e. The van der Waals surface area contributed by atoms with E-state index in [9.17, 15) is 4.79 Å². The number of carbonyl (C=O) groups excluding carboxylic acids is 1. The first-order valence-corrected chi connectivity index (χ1v) is 11.5. The minimum atomic E-state index is 0.135. The van der Waals surface area contributed by atoms with Crippen LogP contribution in [0.15, 0.2) is 47.6 Å². The summed E-state index contributed by atoms with van der Waals surface area (Å²) in [6.45, 7) is 10.4. The van der Waals surface area contributed by atoms with Gasteiger partial charge in [0.15, 0.2) is 0 Å². The molecule has 0 atom stereocenters. The summed E-state index contributed by atoms with van der Waals surface area (Å²) < 4.78 is 1.74. The van der Waals surface area contributed by atoms with E-state index < -0.39 is 0 Å². The van der Waals surface area contributed by atoms with Gasteiger partial charge < -0.3 is 4.90 Å². The van der Waals surface area contributed by atoms with Crippen molar-refractivity contribution in [1.82, 2.24) is 30.0 Å². The minimum Gasteiger partial charge on any atom is -0.339 e. The molecule has 31 heavy (non-hydrogen) atoms. The third-order valence-electron chi connectivity index (χ3n) is 5.63. The van der Waals surface area contributed by atoms with Gasteiger partial charge in [-0.3, -0.25) is 9.69 Å². The lowest BCUT2D eigenvalue weighted by atomic mass is 10.1. The maximum Gasteiger partial charge on any atom is 0.233 e. The van der Waals surface area contributed by atoms with Gasteiger partial charge in [-0.2, -0.15) is 4.68 Å². The van der Waals surface area contributed by atoms with Crippen LogP contribution in [-0.4, -0.2) is 67.8 Å². The van der Waals surface area contributed by atoms with Crippen LogP contribution in [0.3, 0.4) is 0 Å². The summed E-state index contributed by atoms with van der Waals surface area (Å²) in [5.74, 6) is 0.472. The van der Waals surface area contributed by atoms with Gasteiger partial charge in [-0.25, -0.2) is 0 Å². The number of amides is 1. The van der Waals surface area contributed by atoms with E-state index in [0.717, 1.165) is 49.5 Å². The van der Waals surface area contributed by atoms with Gasteiger partial charge in [0.25, 0.3) is 0 Å². The Hall–Kier alpha value is -2.71. The molecular formula is C23H28N6OS. The Morgan fingerprint density at radius 1 is 1.00 bits per heavy atom. The SMILES string of the molecule is Cc1cccc(CN2CCN(C(=O)CSc3nnnn3-c3c(C)cccc3C)CC2)c1. The number of piperazine rings is 1. The summed E-state index contributed by atoms with van der Waals surface area (Å²) in [5.41, 5.74) is 5.79. The first-order valence-electron chi connectivity index (χ1n) is 10.5. The van der Waals surface area contributed by atoms with Crippen LogP contribution in [0.2, 0.25) is 0 Å². The highest BCUT2D eigenvalue weighted by Crippen LogP contribution is 2.23. The van der Waals surface area contributed by atoms with Crippen LogP contribution in [-0.2, 0) is 11.3 Å². The molecule has 2 heterocycles.